The number of amides is 2. The van der Waals surface area contributed by atoms with Gasteiger partial charge in [0.15, 0.2) is 10.9 Å². The zero-order valence-electron chi connectivity index (χ0n) is 13.7. The molecule has 0 unspecified atom stereocenters. The largest absolute Gasteiger partial charge is 0.335 e. The molecule has 1 heterocycles. The molecule has 1 N–H and O–H groups in total. The highest BCUT2D eigenvalue weighted by Crippen LogP contribution is 2.33. The summed E-state index contributed by atoms with van der Waals surface area (Å²) in [6, 6.07) is 0. The van der Waals surface area contributed by atoms with Crippen molar-refractivity contribution in [3.8, 4) is 0 Å². The van der Waals surface area contributed by atoms with Crippen LogP contribution in [0.4, 0.5) is 5.13 Å². The molecule has 0 aliphatic heterocycles. The number of carbonyl (C=O) groups excluding carboxylic acids is 3. The van der Waals surface area contributed by atoms with Crippen molar-refractivity contribution in [2.45, 2.75) is 26.2 Å². The molecule has 0 spiro atoms. The molecule has 0 bridgehead atoms. The number of anilines is 1. The lowest BCUT2D eigenvalue weighted by Gasteiger charge is -2.26. The quantitative estimate of drug-likeness (QED) is 0.768. The summed E-state index contributed by atoms with van der Waals surface area (Å²) in [5.41, 5.74) is 0.596. The lowest BCUT2D eigenvalue weighted by Crippen LogP contribution is -2.39. The van der Waals surface area contributed by atoms with Gasteiger partial charge in [-0.25, -0.2) is 4.98 Å². The number of Topliss-reactive ketones (excluding diaryl/α,β-unsaturated/α-hetero) is 1. The Labute approximate surface area is 145 Å². The van der Waals surface area contributed by atoms with Crippen molar-refractivity contribution >= 4 is 34.1 Å². The van der Waals surface area contributed by atoms with E-state index in [1.807, 2.05) is 0 Å². The van der Waals surface area contributed by atoms with Crippen molar-refractivity contribution in [2.24, 2.45) is 5.92 Å². The maximum Gasteiger partial charge on any atom is 0.227 e. The number of hydrogen-bond acceptors (Lipinski definition) is 5. The zero-order valence-corrected chi connectivity index (χ0v) is 14.5. The second-order valence-electron chi connectivity index (χ2n) is 5.55. The molecule has 7 heteroatoms. The van der Waals surface area contributed by atoms with Gasteiger partial charge in [-0.15, -0.1) is 13.2 Å². The molecule has 2 amide bonds. The highest BCUT2D eigenvalue weighted by Gasteiger charge is 2.34. The molecular weight excluding hydrogens is 326 g/mol. The maximum atomic E-state index is 12.6. The Bertz CT molecular complexity index is 671. The van der Waals surface area contributed by atoms with Crippen molar-refractivity contribution in [1.29, 1.82) is 0 Å². The highest BCUT2D eigenvalue weighted by molar-refractivity contribution is 7.17. The van der Waals surface area contributed by atoms with E-state index >= 15 is 0 Å². The highest BCUT2D eigenvalue weighted by atomic mass is 32.1. The summed E-state index contributed by atoms with van der Waals surface area (Å²) in [7, 11) is 0. The molecule has 0 saturated carbocycles. The van der Waals surface area contributed by atoms with E-state index < -0.39 is 5.92 Å². The van der Waals surface area contributed by atoms with Crippen LogP contribution in [-0.2, 0) is 16.0 Å². The van der Waals surface area contributed by atoms with E-state index in [0.717, 1.165) is 0 Å². The van der Waals surface area contributed by atoms with Gasteiger partial charge in [0.25, 0.3) is 0 Å². The molecule has 1 atom stereocenters. The predicted octanol–water partition coefficient (Wildman–Crippen LogP) is 2.44. The molecule has 1 aliphatic rings. The average Bonchev–Trinajstić information content (AvgIpc) is 2.96. The van der Waals surface area contributed by atoms with E-state index in [1.54, 1.807) is 24.0 Å². The molecule has 2 rings (SSSR count). The smallest absolute Gasteiger partial charge is 0.227 e. The number of carbonyl (C=O) groups is 3. The molecule has 0 aromatic carbocycles. The Morgan fingerprint density at radius 3 is 2.58 bits per heavy atom. The number of rotatable bonds is 7. The van der Waals surface area contributed by atoms with Gasteiger partial charge in [-0.05, 0) is 0 Å². The standard InChI is InChI=1S/C17H21N3O3S/c1-4-7-20(8-5-2)16(23)11-9-12-15(13(21)10-11)24-17(18-12)19-14(22)6-3/h4-5,11H,1-2,6-10H2,3H3,(H,18,19,22)/t11-/m0/s1. The van der Waals surface area contributed by atoms with Gasteiger partial charge in [-0.3, -0.25) is 14.4 Å². The van der Waals surface area contributed by atoms with Gasteiger partial charge in [-0.2, -0.15) is 0 Å². The van der Waals surface area contributed by atoms with Gasteiger partial charge < -0.3 is 10.2 Å². The van der Waals surface area contributed by atoms with Gasteiger partial charge in [0, 0.05) is 32.4 Å². The molecule has 128 valence electrons. The van der Waals surface area contributed by atoms with E-state index in [-0.39, 0.29) is 24.0 Å². The summed E-state index contributed by atoms with van der Waals surface area (Å²) in [5.74, 6) is -0.770. The van der Waals surface area contributed by atoms with Crippen molar-refractivity contribution < 1.29 is 14.4 Å². The van der Waals surface area contributed by atoms with E-state index in [4.69, 9.17) is 0 Å². The Balaban J connectivity index is 2.17. The molecular formula is C17H21N3O3S. The summed E-state index contributed by atoms with van der Waals surface area (Å²) in [6.45, 7) is 9.88. The Morgan fingerprint density at radius 2 is 2.00 bits per heavy atom. The zero-order chi connectivity index (χ0) is 17.7. The van der Waals surface area contributed by atoms with Gasteiger partial charge in [0.05, 0.1) is 16.5 Å². The summed E-state index contributed by atoms with van der Waals surface area (Å²) >= 11 is 1.18. The molecule has 1 aromatic heterocycles. The minimum absolute atomic E-state index is 0.0961. The normalized spacial score (nSPS) is 16.2. The fourth-order valence-electron chi connectivity index (χ4n) is 2.59. The molecule has 1 aliphatic carbocycles. The number of ketones is 1. The summed E-state index contributed by atoms with van der Waals surface area (Å²) in [5, 5.41) is 3.09. The van der Waals surface area contributed by atoms with E-state index in [1.165, 1.54) is 11.3 Å². The summed E-state index contributed by atoms with van der Waals surface area (Å²) in [6.07, 6.45) is 4.22. The average molecular weight is 347 g/mol. The Hall–Kier alpha value is -2.28. The molecule has 0 fully saturated rings. The van der Waals surface area contributed by atoms with Crippen LogP contribution in [0.5, 0.6) is 0 Å². The van der Waals surface area contributed by atoms with E-state index in [9.17, 15) is 14.4 Å². The van der Waals surface area contributed by atoms with Crippen LogP contribution >= 0.6 is 11.3 Å². The Morgan fingerprint density at radius 1 is 1.33 bits per heavy atom. The predicted molar refractivity (Wildman–Crippen MR) is 94.2 cm³/mol. The topological polar surface area (TPSA) is 79.4 Å². The minimum atomic E-state index is -0.429. The van der Waals surface area contributed by atoms with Crippen molar-refractivity contribution in [2.75, 3.05) is 18.4 Å². The molecule has 24 heavy (non-hydrogen) atoms. The van der Waals surface area contributed by atoms with Crippen LogP contribution in [0.3, 0.4) is 0 Å². The molecule has 0 radical (unpaired) electrons. The minimum Gasteiger partial charge on any atom is -0.335 e. The summed E-state index contributed by atoms with van der Waals surface area (Å²) in [4.78, 5) is 43.0. The SMILES string of the molecule is C=CCN(CC=C)C(=O)[C@@H]1CC(=O)c2sc(NC(=O)CC)nc2C1. The third-order valence-corrected chi connectivity index (χ3v) is 4.80. The van der Waals surface area contributed by atoms with Gasteiger partial charge in [0.1, 0.15) is 0 Å². The second kappa shape index (κ2) is 8.01. The first-order valence-electron chi connectivity index (χ1n) is 7.83. The first kappa shape index (κ1) is 18.1. The van der Waals surface area contributed by atoms with Crippen LogP contribution in [0, 0.1) is 5.92 Å². The third kappa shape index (κ3) is 3.97. The second-order valence-corrected chi connectivity index (χ2v) is 6.54. The molecule has 6 nitrogen and oxygen atoms in total. The first-order chi connectivity index (χ1) is 11.5. The van der Waals surface area contributed by atoms with E-state index in [0.29, 0.717) is 41.6 Å². The van der Waals surface area contributed by atoms with Gasteiger partial charge >= 0.3 is 0 Å². The number of nitrogens with zero attached hydrogens (tertiary/aromatic N) is 2. The van der Waals surface area contributed by atoms with E-state index in [2.05, 4.69) is 23.5 Å². The fraction of sp³-hybridized carbons (Fsp3) is 0.412. The van der Waals surface area contributed by atoms with Gasteiger partial charge in [-0.1, -0.05) is 30.4 Å². The van der Waals surface area contributed by atoms with Crippen LogP contribution in [0.2, 0.25) is 0 Å². The van der Waals surface area contributed by atoms with Gasteiger partial charge in [0.2, 0.25) is 11.8 Å². The van der Waals surface area contributed by atoms with Crippen LogP contribution in [0.25, 0.3) is 0 Å². The number of nitrogens with one attached hydrogen (secondary N) is 1. The Kier molecular flexibility index (Phi) is 6.03. The molecule has 0 saturated heterocycles. The monoisotopic (exact) mass is 347 g/mol. The number of fused-ring (bicyclic) bond motifs is 1. The van der Waals surface area contributed by atoms with Crippen molar-refractivity contribution in [1.82, 2.24) is 9.88 Å². The third-order valence-electron chi connectivity index (χ3n) is 3.75. The summed E-state index contributed by atoms with van der Waals surface area (Å²) < 4.78 is 0. The number of hydrogen-bond donors (Lipinski definition) is 1. The van der Waals surface area contributed by atoms with Crippen LogP contribution in [-0.4, -0.2) is 40.6 Å². The van der Waals surface area contributed by atoms with Crippen molar-refractivity contribution in [3.05, 3.63) is 35.9 Å². The molecule has 1 aromatic rings. The lowest BCUT2D eigenvalue weighted by molar-refractivity contribution is -0.134. The number of aromatic nitrogens is 1. The van der Waals surface area contributed by atoms with Crippen molar-refractivity contribution in [3.63, 3.8) is 0 Å². The fourth-order valence-corrected chi connectivity index (χ4v) is 3.55. The number of thiazole rings is 1. The van der Waals surface area contributed by atoms with Crippen LogP contribution < -0.4 is 5.32 Å². The maximum absolute atomic E-state index is 12.6. The first-order valence-corrected chi connectivity index (χ1v) is 8.65. The van der Waals surface area contributed by atoms with Crippen LogP contribution in [0.1, 0.15) is 35.1 Å². The lowest BCUT2D eigenvalue weighted by atomic mass is 9.89. The van der Waals surface area contributed by atoms with Crippen LogP contribution in [0.15, 0.2) is 25.3 Å².